The maximum absolute atomic E-state index is 3.63. The smallest absolute Gasteiger partial charge is 0.0324 e. The Labute approximate surface area is 93.9 Å². The molecule has 1 nitrogen and oxygen atoms in total. The summed E-state index contributed by atoms with van der Waals surface area (Å²) in [5.74, 6) is 0.724. The molecule has 1 atom stereocenters. The molecule has 1 rings (SSSR count). The summed E-state index contributed by atoms with van der Waals surface area (Å²) >= 11 is 0. The fraction of sp³-hybridized carbons (Fsp3) is 0.571. The van der Waals surface area contributed by atoms with Crippen molar-refractivity contribution < 1.29 is 0 Å². The van der Waals surface area contributed by atoms with Crippen LogP contribution in [0.2, 0.25) is 0 Å². The van der Waals surface area contributed by atoms with Crippen LogP contribution in [0.3, 0.4) is 0 Å². The van der Waals surface area contributed by atoms with E-state index in [1.165, 1.54) is 12.0 Å². The van der Waals surface area contributed by atoms with Crippen LogP contribution >= 0.6 is 0 Å². The lowest BCUT2D eigenvalue weighted by Crippen LogP contribution is -2.29. The van der Waals surface area contributed by atoms with E-state index < -0.39 is 0 Å². The van der Waals surface area contributed by atoms with E-state index in [2.05, 4.69) is 63.3 Å². The largest absolute Gasteiger partial charge is 0.308 e. The second-order valence-corrected chi connectivity index (χ2v) is 4.91. The molecule has 0 amide bonds. The molecule has 0 fully saturated rings. The predicted octanol–water partition coefficient (Wildman–Crippen LogP) is 3.77. The number of nitrogens with one attached hydrogen (secondary N) is 1. The minimum absolute atomic E-state index is 0.492. The van der Waals surface area contributed by atoms with Crippen LogP contribution in [0.5, 0.6) is 0 Å². The average molecular weight is 205 g/mol. The van der Waals surface area contributed by atoms with Crippen LogP contribution in [0.4, 0.5) is 0 Å². The molecule has 0 aromatic heterocycles. The van der Waals surface area contributed by atoms with Crippen LogP contribution in [0.25, 0.3) is 0 Å². The third-order valence-corrected chi connectivity index (χ3v) is 2.44. The summed E-state index contributed by atoms with van der Waals surface area (Å²) in [5, 5.41) is 3.63. The Morgan fingerprint density at radius 2 is 1.60 bits per heavy atom. The normalized spacial score (nSPS) is 13.5. The zero-order valence-corrected chi connectivity index (χ0v) is 10.3. The second-order valence-electron chi connectivity index (χ2n) is 4.91. The van der Waals surface area contributed by atoms with E-state index in [9.17, 15) is 0 Å². The third-order valence-electron chi connectivity index (χ3n) is 2.44. The molecule has 0 aliphatic rings. The van der Waals surface area contributed by atoms with Gasteiger partial charge in [0.2, 0.25) is 0 Å². The van der Waals surface area contributed by atoms with Crippen molar-refractivity contribution in [3.8, 4) is 0 Å². The standard InChI is InChI=1S/C14H23N/c1-11(2)10-14(15-12(3)4)13-8-6-5-7-9-13/h5-9,11-12,14-15H,10H2,1-4H3/t14-/m1/s1. The van der Waals surface area contributed by atoms with E-state index in [1.54, 1.807) is 0 Å². The van der Waals surface area contributed by atoms with Gasteiger partial charge in [-0.3, -0.25) is 0 Å². The Morgan fingerprint density at radius 3 is 2.07 bits per heavy atom. The number of rotatable bonds is 5. The molecule has 0 saturated carbocycles. The van der Waals surface area contributed by atoms with Crippen LogP contribution in [0, 0.1) is 5.92 Å². The van der Waals surface area contributed by atoms with Gasteiger partial charge in [-0.1, -0.05) is 58.0 Å². The Hall–Kier alpha value is -0.820. The highest BCUT2D eigenvalue weighted by Crippen LogP contribution is 2.21. The lowest BCUT2D eigenvalue weighted by Gasteiger charge is -2.23. The zero-order valence-electron chi connectivity index (χ0n) is 10.3. The highest BCUT2D eigenvalue weighted by Gasteiger charge is 2.13. The van der Waals surface area contributed by atoms with Crippen LogP contribution in [-0.2, 0) is 0 Å². The molecule has 0 aliphatic heterocycles. The maximum atomic E-state index is 3.63. The summed E-state index contributed by atoms with van der Waals surface area (Å²) in [6, 6.07) is 11.8. The molecule has 1 heteroatoms. The first-order chi connectivity index (χ1) is 7.09. The number of hydrogen-bond donors (Lipinski definition) is 1. The van der Waals surface area contributed by atoms with Gasteiger partial charge in [-0.05, 0) is 17.9 Å². The molecule has 1 aromatic carbocycles. The summed E-state index contributed by atoms with van der Waals surface area (Å²) in [7, 11) is 0. The van der Waals surface area contributed by atoms with Crippen molar-refractivity contribution >= 4 is 0 Å². The fourth-order valence-electron chi connectivity index (χ4n) is 1.86. The van der Waals surface area contributed by atoms with E-state index in [0.717, 1.165) is 5.92 Å². The van der Waals surface area contributed by atoms with Crippen molar-refractivity contribution in [2.24, 2.45) is 5.92 Å². The van der Waals surface area contributed by atoms with Crippen molar-refractivity contribution in [3.05, 3.63) is 35.9 Å². The van der Waals surface area contributed by atoms with E-state index >= 15 is 0 Å². The fourth-order valence-corrected chi connectivity index (χ4v) is 1.86. The highest BCUT2D eigenvalue weighted by atomic mass is 14.9. The molecule has 0 heterocycles. The van der Waals surface area contributed by atoms with Crippen molar-refractivity contribution in [2.45, 2.75) is 46.2 Å². The van der Waals surface area contributed by atoms with Gasteiger partial charge in [-0.15, -0.1) is 0 Å². The SMILES string of the molecule is CC(C)C[C@@H](NC(C)C)c1ccccc1. The molecule has 0 radical (unpaired) electrons. The summed E-state index contributed by atoms with van der Waals surface area (Å²) in [6.07, 6.45) is 1.20. The monoisotopic (exact) mass is 205 g/mol. The first kappa shape index (κ1) is 12.3. The van der Waals surface area contributed by atoms with Gasteiger partial charge in [0.15, 0.2) is 0 Å². The third kappa shape index (κ3) is 4.48. The van der Waals surface area contributed by atoms with E-state index in [0.29, 0.717) is 12.1 Å². The molecule has 1 aromatic rings. The molecule has 0 aliphatic carbocycles. The minimum atomic E-state index is 0.492. The van der Waals surface area contributed by atoms with Gasteiger partial charge < -0.3 is 5.32 Å². The summed E-state index contributed by atoms with van der Waals surface area (Å²) < 4.78 is 0. The molecule has 0 bridgehead atoms. The minimum Gasteiger partial charge on any atom is -0.308 e. The Morgan fingerprint density at radius 1 is 1.00 bits per heavy atom. The van der Waals surface area contributed by atoms with Crippen molar-refractivity contribution in [3.63, 3.8) is 0 Å². The molecular formula is C14H23N. The topological polar surface area (TPSA) is 12.0 Å². The molecule has 15 heavy (non-hydrogen) atoms. The maximum Gasteiger partial charge on any atom is 0.0324 e. The van der Waals surface area contributed by atoms with Gasteiger partial charge in [0.05, 0.1) is 0 Å². The molecule has 1 N–H and O–H groups in total. The quantitative estimate of drug-likeness (QED) is 0.771. The van der Waals surface area contributed by atoms with Crippen LogP contribution in [-0.4, -0.2) is 6.04 Å². The van der Waals surface area contributed by atoms with Gasteiger partial charge in [-0.25, -0.2) is 0 Å². The Bertz CT molecular complexity index is 254. The van der Waals surface area contributed by atoms with Gasteiger partial charge in [0.1, 0.15) is 0 Å². The first-order valence-corrected chi connectivity index (χ1v) is 5.90. The number of benzene rings is 1. The van der Waals surface area contributed by atoms with Gasteiger partial charge >= 0.3 is 0 Å². The summed E-state index contributed by atoms with van der Waals surface area (Å²) in [4.78, 5) is 0. The van der Waals surface area contributed by atoms with E-state index in [4.69, 9.17) is 0 Å². The van der Waals surface area contributed by atoms with Crippen molar-refractivity contribution in [1.82, 2.24) is 5.32 Å². The molecule has 0 unspecified atom stereocenters. The van der Waals surface area contributed by atoms with Crippen molar-refractivity contribution in [2.75, 3.05) is 0 Å². The van der Waals surface area contributed by atoms with E-state index in [-0.39, 0.29) is 0 Å². The lowest BCUT2D eigenvalue weighted by molar-refractivity contribution is 0.401. The number of hydrogen-bond acceptors (Lipinski definition) is 1. The molecular weight excluding hydrogens is 182 g/mol. The van der Waals surface area contributed by atoms with Gasteiger partial charge in [-0.2, -0.15) is 0 Å². The summed E-state index contributed by atoms with van der Waals surface area (Å²) in [5.41, 5.74) is 1.40. The molecule has 84 valence electrons. The van der Waals surface area contributed by atoms with E-state index in [1.807, 2.05) is 0 Å². The van der Waals surface area contributed by atoms with Crippen molar-refractivity contribution in [1.29, 1.82) is 0 Å². The van der Waals surface area contributed by atoms with Crippen LogP contribution in [0.15, 0.2) is 30.3 Å². The average Bonchev–Trinajstić information content (AvgIpc) is 2.17. The van der Waals surface area contributed by atoms with Crippen LogP contribution in [0.1, 0.15) is 45.7 Å². The second kappa shape index (κ2) is 5.92. The highest BCUT2D eigenvalue weighted by molar-refractivity contribution is 5.19. The Kier molecular flexibility index (Phi) is 4.83. The molecule has 0 saturated heterocycles. The predicted molar refractivity (Wildman–Crippen MR) is 66.9 cm³/mol. The lowest BCUT2D eigenvalue weighted by atomic mass is 9.96. The first-order valence-electron chi connectivity index (χ1n) is 5.90. The Balaban J connectivity index is 2.72. The van der Waals surface area contributed by atoms with Crippen LogP contribution < -0.4 is 5.32 Å². The van der Waals surface area contributed by atoms with Gasteiger partial charge in [0, 0.05) is 12.1 Å². The zero-order chi connectivity index (χ0) is 11.3. The summed E-state index contributed by atoms with van der Waals surface area (Å²) in [6.45, 7) is 8.96. The molecule has 0 spiro atoms. The van der Waals surface area contributed by atoms with Gasteiger partial charge in [0.25, 0.3) is 0 Å².